The Kier molecular flexibility index (Phi) is 6.62. The lowest BCUT2D eigenvalue weighted by atomic mass is 9.81. The van der Waals surface area contributed by atoms with Crippen molar-refractivity contribution in [3.05, 3.63) is 22.4 Å². The highest BCUT2D eigenvalue weighted by molar-refractivity contribution is 7.10. The zero-order valence-corrected chi connectivity index (χ0v) is 17.5. The first kappa shape index (κ1) is 20.5. The Morgan fingerprint density at radius 3 is 2.48 bits per heavy atom. The lowest BCUT2D eigenvalue weighted by Crippen LogP contribution is -2.44. The van der Waals surface area contributed by atoms with Crippen molar-refractivity contribution >= 4 is 29.1 Å². The second-order valence-electron chi connectivity index (χ2n) is 8.06. The molecular weight excluding hydrogens is 390 g/mol. The highest BCUT2D eigenvalue weighted by Crippen LogP contribution is 2.38. The molecular formula is C21H29N3O4S. The van der Waals surface area contributed by atoms with E-state index in [4.69, 9.17) is 4.74 Å². The Morgan fingerprint density at radius 1 is 1.17 bits per heavy atom. The maximum atomic E-state index is 12.5. The second kappa shape index (κ2) is 9.36. The number of nitrogens with zero attached hydrogens (tertiary/aromatic N) is 2. The quantitative estimate of drug-likeness (QED) is 0.682. The number of thiophene rings is 1. The first-order chi connectivity index (χ1) is 14.1. The molecule has 3 amide bonds. The number of imide groups is 1. The Bertz CT molecular complexity index is 708. The van der Waals surface area contributed by atoms with E-state index in [2.05, 4.69) is 21.7 Å². The van der Waals surface area contributed by atoms with E-state index in [9.17, 15) is 14.4 Å². The highest BCUT2D eigenvalue weighted by atomic mass is 32.1. The topological polar surface area (TPSA) is 79.0 Å². The molecule has 158 valence electrons. The summed E-state index contributed by atoms with van der Waals surface area (Å²) in [5, 5.41) is 5.07. The van der Waals surface area contributed by atoms with Crippen molar-refractivity contribution in [3.8, 4) is 0 Å². The monoisotopic (exact) mass is 419 g/mol. The average molecular weight is 420 g/mol. The third-order valence-corrected chi connectivity index (χ3v) is 7.32. The fourth-order valence-corrected chi connectivity index (χ4v) is 5.60. The largest absolute Gasteiger partial charge is 0.379 e. The van der Waals surface area contributed by atoms with E-state index in [1.54, 1.807) is 11.3 Å². The summed E-state index contributed by atoms with van der Waals surface area (Å²) in [4.78, 5) is 42.5. The third-order valence-electron chi connectivity index (χ3n) is 6.35. The van der Waals surface area contributed by atoms with Gasteiger partial charge in [0.15, 0.2) is 0 Å². The Balaban J connectivity index is 1.29. The van der Waals surface area contributed by atoms with Crippen molar-refractivity contribution < 1.29 is 19.1 Å². The summed E-state index contributed by atoms with van der Waals surface area (Å²) in [6.45, 7) is 3.81. The number of hydrogen-bond acceptors (Lipinski definition) is 6. The van der Waals surface area contributed by atoms with Crippen LogP contribution in [0.5, 0.6) is 0 Å². The van der Waals surface area contributed by atoms with Crippen molar-refractivity contribution in [3.63, 3.8) is 0 Å². The minimum absolute atomic E-state index is 0.0720. The Hall–Kier alpha value is -1.77. The number of amides is 3. The van der Waals surface area contributed by atoms with Crippen LogP contribution in [0.25, 0.3) is 0 Å². The molecule has 1 aromatic heterocycles. The van der Waals surface area contributed by atoms with Crippen molar-refractivity contribution in [2.75, 3.05) is 39.4 Å². The molecule has 0 bridgehead atoms. The molecule has 2 aliphatic heterocycles. The molecule has 3 atom stereocenters. The van der Waals surface area contributed by atoms with Crippen LogP contribution < -0.4 is 5.32 Å². The zero-order valence-electron chi connectivity index (χ0n) is 16.7. The minimum atomic E-state index is -0.149. The van der Waals surface area contributed by atoms with Crippen LogP contribution in [0.15, 0.2) is 17.5 Å². The van der Waals surface area contributed by atoms with Gasteiger partial charge in [-0.2, -0.15) is 0 Å². The SMILES string of the molecule is O=C(CCN1C(=O)[C@H]2CCCC[C@H]2C1=O)NC[C@@H](c1cccs1)N1CCOCC1. The van der Waals surface area contributed by atoms with Crippen molar-refractivity contribution in [2.24, 2.45) is 11.8 Å². The van der Waals surface area contributed by atoms with Crippen molar-refractivity contribution in [1.82, 2.24) is 15.1 Å². The number of carbonyl (C=O) groups excluding carboxylic acids is 3. The van der Waals surface area contributed by atoms with E-state index in [1.807, 2.05) is 6.07 Å². The van der Waals surface area contributed by atoms with Crippen LogP contribution in [-0.4, -0.2) is 66.9 Å². The van der Waals surface area contributed by atoms with Gasteiger partial charge in [0.25, 0.3) is 0 Å². The van der Waals surface area contributed by atoms with Gasteiger partial charge in [-0.25, -0.2) is 0 Å². The van der Waals surface area contributed by atoms with Gasteiger partial charge in [0, 0.05) is 37.5 Å². The van der Waals surface area contributed by atoms with Gasteiger partial charge in [-0.05, 0) is 24.3 Å². The lowest BCUT2D eigenvalue weighted by molar-refractivity contribution is -0.140. The van der Waals surface area contributed by atoms with E-state index in [0.29, 0.717) is 19.8 Å². The number of hydrogen-bond donors (Lipinski definition) is 1. The van der Waals surface area contributed by atoms with E-state index in [-0.39, 0.29) is 48.6 Å². The van der Waals surface area contributed by atoms with Crippen LogP contribution in [0.1, 0.15) is 43.0 Å². The normalized spacial score (nSPS) is 26.4. The number of nitrogens with one attached hydrogen (secondary N) is 1. The molecule has 0 spiro atoms. The zero-order chi connectivity index (χ0) is 20.2. The van der Waals surface area contributed by atoms with E-state index in [1.165, 1.54) is 9.78 Å². The number of morpholine rings is 1. The van der Waals surface area contributed by atoms with Gasteiger partial charge in [0.1, 0.15) is 0 Å². The molecule has 0 radical (unpaired) electrons. The van der Waals surface area contributed by atoms with E-state index < -0.39 is 0 Å². The smallest absolute Gasteiger partial charge is 0.233 e. The van der Waals surface area contributed by atoms with E-state index >= 15 is 0 Å². The number of rotatable bonds is 7. The summed E-state index contributed by atoms with van der Waals surface area (Å²) in [5.41, 5.74) is 0. The molecule has 8 heteroatoms. The maximum Gasteiger partial charge on any atom is 0.233 e. The molecule has 1 N–H and O–H groups in total. The molecule has 0 aromatic carbocycles. The second-order valence-corrected chi connectivity index (χ2v) is 9.04. The molecule has 3 aliphatic rings. The van der Waals surface area contributed by atoms with Crippen LogP contribution in [0.2, 0.25) is 0 Å². The molecule has 1 aliphatic carbocycles. The van der Waals surface area contributed by atoms with Crippen LogP contribution in [0, 0.1) is 11.8 Å². The summed E-state index contributed by atoms with van der Waals surface area (Å²) < 4.78 is 5.45. The van der Waals surface area contributed by atoms with Crippen LogP contribution in [0.4, 0.5) is 0 Å². The highest BCUT2D eigenvalue weighted by Gasteiger charge is 2.47. The van der Waals surface area contributed by atoms with E-state index in [0.717, 1.165) is 38.8 Å². The average Bonchev–Trinajstić information content (AvgIpc) is 3.36. The van der Waals surface area contributed by atoms with Gasteiger partial charge in [0.05, 0.1) is 31.1 Å². The first-order valence-corrected chi connectivity index (χ1v) is 11.5. The van der Waals surface area contributed by atoms with Crippen LogP contribution in [0.3, 0.4) is 0 Å². The van der Waals surface area contributed by atoms with Gasteiger partial charge in [-0.15, -0.1) is 11.3 Å². The molecule has 3 fully saturated rings. The molecule has 2 saturated heterocycles. The van der Waals surface area contributed by atoms with Gasteiger partial charge in [0.2, 0.25) is 17.7 Å². The number of ether oxygens (including phenoxy) is 1. The summed E-state index contributed by atoms with van der Waals surface area (Å²) in [6, 6.07) is 4.25. The standard InChI is InChI=1S/C21H29N3O4S/c25-19(7-8-24-20(26)15-4-1-2-5-16(15)21(24)27)22-14-17(18-6-3-13-29-18)23-9-11-28-12-10-23/h3,6,13,15-17H,1-2,4-5,7-12,14H2,(H,22,25)/t15-,16+,17-/m0/s1. The van der Waals surface area contributed by atoms with Gasteiger partial charge < -0.3 is 10.1 Å². The third kappa shape index (κ3) is 4.54. The summed E-state index contributed by atoms with van der Waals surface area (Å²) in [7, 11) is 0. The lowest BCUT2D eigenvalue weighted by Gasteiger charge is -2.34. The molecule has 1 aromatic rings. The molecule has 1 saturated carbocycles. The predicted octanol–water partition coefficient (Wildman–Crippen LogP) is 1.80. The molecule has 4 rings (SSSR count). The molecule has 29 heavy (non-hydrogen) atoms. The fraction of sp³-hybridized carbons (Fsp3) is 0.667. The molecule has 0 unspecified atom stereocenters. The maximum absolute atomic E-state index is 12.5. The van der Waals surface area contributed by atoms with Gasteiger partial charge >= 0.3 is 0 Å². The molecule has 3 heterocycles. The van der Waals surface area contributed by atoms with Crippen molar-refractivity contribution in [2.45, 2.75) is 38.1 Å². The number of fused-ring (bicyclic) bond motifs is 1. The summed E-state index contributed by atoms with van der Waals surface area (Å²) in [5.74, 6) is -0.558. The predicted molar refractivity (Wildman–Crippen MR) is 109 cm³/mol. The van der Waals surface area contributed by atoms with Gasteiger partial charge in [-0.1, -0.05) is 18.9 Å². The van der Waals surface area contributed by atoms with Crippen LogP contribution >= 0.6 is 11.3 Å². The molecule has 7 nitrogen and oxygen atoms in total. The van der Waals surface area contributed by atoms with Crippen molar-refractivity contribution in [1.29, 1.82) is 0 Å². The fourth-order valence-electron chi connectivity index (χ4n) is 4.74. The summed E-state index contributed by atoms with van der Waals surface area (Å²) >= 11 is 1.69. The van der Waals surface area contributed by atoms with Crippen LogP contribution in [-0.2, 0) is 19.1 Å². The Labute approximate surface area is 175 Å². The first-order valence-electron chi connectivity index (χ1n) is 10.6. The summed E-state index contributed by atoms with van der Waals surface area (Å²) in [6.07, 6.45) is 3.80. The van der Waals surface area contributed by atoms with Gasteiger partial charge in [-0.3, -0.25) is 24.2 Å². The minimum Gasteiger partial charge on any atom is -0.379 e. The number of likely N-dealkylation sites (tertiary alicyclic amines) is 1. The Morgan fingerprint density at radius 2 is 1.86 bits per heavy atom. The number of carbonyl (C=O) groups is 3.